The number of hydrogen-bond donors (Lipinski definition) is 10. The Morgan fingerprint density at radius 2 is 0.780 bits per heavy atom. The van der Waals surface area contributed by atoms with Gasteiger partial charge in [0.25, 0.3) is 12.0 Å². The quantitative estimate of drug-likeness (QED) is 0.00591. The van der Waals surface area contributed by atoms with Crippen molar-refractivity contribution in [1.29, 1.82) is 5.26 Å². The van der Waals surface area contributed by atoms with E-state index in [1.807, 2.05) is 108 Å². The lowest BCUT2D eigenvalue weighted by molar-refractivity contribution is -0.166. The minimum atomic E-state index is -1.33. The first-order valence-corrected chi connectivity index (χ1v) is 38.7. The first-order chi connectivity index (χ1) is 58.6. The number of aliphatic hydroxyl groups is 3. The van der Waals surface area contributed by atoms with E-state index in [4.69, 9.17) is 84.0 Å². The maximum atomic E-state index is 12.0. The van der Waals surface area contributed by atoms with E-state index in [9.17, 15) is 33.2 Å². The third-order valence-corrected chi connectivity index (χ3v) is 16.5. The van der Waals surface area contributed by atoms with Gasteiger partial charge in [0, 0.05) is 147 Å². The summed E-state index contributed by atoms with van der Waals surface area (Å²) in [5.41, 5.74) is 14.9. The second kappa shape index (κ2) is 58.0. The number of benzene rings is 6. The van der Waals surface area contributed by atoms with Crippen LogP contribution in [0.15, 0.2) is 169 Å². The van der Waals surface area contributed by atoms with Crippen LogP contribution in [0.2, 0.25) is 0 Å². The Kier molecular flexibility index (Phi) is 51.5. The molecule has 10 aromatic rings. The summed E-state index contributed by atoms with van der Waals surface area (Å²) in [6.07, 6.45) is 0.797. The highest BCUT2D eigenvalue weighted by Crippen LogP contribution is 2.26. The van der Waals surface area contributed by atoms with Crippen molar-refractivity contribution >= 4 is 88.8 Å². The Hall–Kier alpha value is -12.3. The van der Waals surface area contributed by atoms with Gasteiger partial charge in [0.1, 0.15) is 17.5 Å². The van der Waals surface area contributed by atoms with Crippen molar-refractivity contribution in [2.45, 2.75) is 149 Å². The molecule has 11 N–H and O–H groups in total. The largest absolute Gasteiger partial charge is 0.481 e. The number of carbonyl (C=O) groups is 8. The number of esters is 2. The maximum absolute atomic E-state index is 12.0. The summed E-state index contributed by atoms with van der Waals surface area (Å²) in [6, 6.07) is 44.7. The number of nitrogens with two attached hydrogens (primary N) is 1. The molecule has 0 spiro atoms. The molecule has 0 radical (unpaired) electrons. The monoisotopic (exact) mass is 1900 g/mol. The van der Waals surface area contributed by atoms with Gasteiger partial charge in [-0.05, 0) is 93.1 Å². The molecular weight excluding hydrogens is 1780 g/mol. The SMILES string of the molecule is C.C.CC(=O)Cl.CC(=O)F.CC(=O)O.CC(C)(C)OC(=O)C1CNC1.Cc1nc(-c2ccc(C=O)cc2)no1.Cc1nc(-c2ccc(CN3CC(C(=O)O)C3)cc2)no1.Cc1nc(-c2ccc(CN3CC(C(=O)OC(C)(C)C)C3)cc2)no1.Cc1nc(-c2ccc(CO)cc2)no1.I.N#Cc1ccc(CO)cc1.N/C(=N\O)c1ccc(CO)cc1.O=C(O)C1CNC1. The fraction of sp³-hybridized carbons (Fsp3) is 0.386. The average molecular weight is 1900 g/mol. The predicted molar refractivity (Wildman–Crippen MR) is 479 cm³/mol. The van der Waals surface area contributed by atoms with Gasteiger partial charge in [-0.25, -0.2) is 0 Å². The van der Waals surface area contributed by atoms with E-state index in [1.165, 1.54) is 12.5 Å². The van der Waals surface area contributed by atoms with E-state index in [2.05, 4.69) is 89.9 Å². The van der Waals surface area contributed by atoms with Gasteiger partial charge in [-0.3, -0.25) is 48.2 Å². The number of aliphatic hydroxyl groups excluding tert-OH is 3. The number of rotatable bonds is 17. The van der Waals surface area contributed by atoms with E-state index in [0.717, 1.165) is 104 Å². The molecular formula is C88H114ClFIN15O21. The molecule has 0 unspecified atom stereocenters. The molecule has 0 aliphatic carbocycles. The molecule has 14 rings (SSSR count). The lowest BCUT2D eigenvalue weighted by atomic mass is 9.98. The summed E-state index contributed by atoms with van der Waals surface area (Å²) in [5, 5.41) is 91.1. The smallest absolute Gasteiger partial charge is 0.312 e. The van der Waals surface area contributed by atoms with Gasteiger partial charge < -0.3 is 79.8 Å². The second-order valence-corrected chi connectivity index (χ2v) is 30.1. The Morgan fingerprint density at radius 1 is 0.512 bits per heavy atom. The number of aryl methyl sites for hydroxylation is 4. The lowest BCUT2D eigenvalue weighted by Gasteiger charge is -2.38. The number of ether oxygens (including phenoxy) is 2. The number of nitrogens with zero attached hydrogens (tertiary/aromatic N) is 12. The highest BCUT2D eigenvalue weighted by atomic mass is 127. The number of aliphatic carboxylic acids is 3. The Morgan fingerprint density at radius 3 is 1.01 bits per heavy atom. The van der Waals surface area contributed by atoms with Crippen LogP contribution in [0, 0.1) is 62.7 Å². The molecule has 0 atom stereocenters. The number of oxime groups is 1. The van der Waals surface area contributed by atoms with Crippen LogP contribution in [0.1, 0.15) is 150 Å². The summed E-state index contributed by atoms with van der Waals surface area (Å²) < 4.78 is 40.6. The van der Waals surface area contributed by atoms with Crippen LogP contribution in [0.3, 0.4) is 0 Å². The summed E-state index contributed by atoms with van der Waals surface area (Å²) in [6.45, 7) is 28.9. The lowest BCUT2D eigenvalue weighted by Crippen LogP contribution is -2.51. The minimum absolute atomic E-state index is 0. The van der Waals surface area contributed by atoms with Gasteiger partial charge in [0.05, 0.1) is 55.1 Å². The van der Waals surface area contributed by atoms with E-state index in [1.54, 1.807) is 100 Å². The number of carbonyl (C=O) groups excluding carboxylic acids is 5. The van der Waals surface area contributed by atoms with Gasteiger partial charge in [0.2, 0.25) is 52.1 Å². The summed E-state index contributed by atoms with van der Waals surface area (Å²) in [5.74, 6) is 1.93. The third-order valence-electron chi connectivity index (χ3n) is 16.5. The maximum Gasteiger partial charge on any atom is 0.312 e. The Balaban J connectivity index is 0.000000724. The number of hydrogen-bond acceptors (Lipinski definition) is 32. The topological polar surface area (TPSA) is 545 Å². The first-order valence-electron chi connectivity index (χ1n) is 38.4. The number of carboxylic acid groups (broad SMARTS) is 3. The number of aldehydes is 1. The van der Waals surface area contributed by atoms with Crippen LogP contribution in [-0.2, 0) is 75.9 Å². The molecule has 4 aliphatic rings. The fourth-order valence-corrected chi connectivity index (χ4v) is 10.1. The van der Waals surface area contributed by atoms with Gasteiger partial charge in [-0.2, -0.15) is 29.6 Å². The van der Waals surface area contributed by atoms with Gasteiger partial charge >= 0.3 is 23.9 Å². The van der Waals surface area contributed by atoms with Crippen molar-refractivity contribution in [2.75, 3.05) is 52.4 Å². The highest BCUT2D eigenvalue weighted by molar-refractivity contribution is 14.0. The molecule has 4 aromatic heterocycles. The molecule has 8 heterocycles. The van der Waals surface area contributed by atoms with Crippen molar-refractivity contribution in [3.8, 4) is 51.6 Å². The zero-order valence-corrected chi connectivity index (χ0v) is 74.5. The zero-order chi connectivity index (χ0) is 92.2. The molecule has 0 amide bonds. The van der Waals surface area contributed by atoms with Crippen molar-refractivity contribution in [3.05, 3.63) is 214 Å². The summed E-state index contributed by atoms with van der Waals surface area (Å²) >= 11 is 4.64. The molecule has 6 aromatic carbocycles. The normalized spacial score (nSPS) is 13.0. The van der Waals surface area contributed by atoms with Crippen LogP contribution in [0.25, 0.3) is 45.6 Å². The first kappa shape index (κ1) is 113. The standard InChI is InChI=1S/C18H23N3O3.C14H15N3O3.C10H10N2O2.C10H8N2O2.C8H10N2O2.C8H15NO2.C8H7NO.C4H7NO2.C2H3ClO.C2H3FO.C2H4O2.2CH4.HI/c1-12-19-16(20-24-12)14-7-5-13(6-8-14)9-21-10-15(11-21)17(22)23-18(2,3)4;1-9-15-13(16-20-9)11-4-2-10(3-5-11)6-17-7-12(8-17)14(18)19;2*1-7-11-10(12-14-7)9-4-2-8(6-13)3-5-9;9-8(10-12)7-3-1-6(5-11)2-4-7;1-8(2,3)11-7(10)6-4-9-5-6;9-5-7-1-3-8(6-10)4-2-7;6-4(7)3-1-5-2-3;3*1-2(3)4;;;/h5-8,15H,9-11H2,1-4H3;2-5,12H,6-8H2,1H3,(H,18,19);2-5,13H,6H2,1H3;2-6H,1H3;1-4,11-12H,5H2,(H2,9,10);6,9H,4-5H2,1-3H3;1-4,10H,6H2;3,5H,1-2H2,(H,6,7);2*1H3;1H3,(H,3,4);2*1H4;1H. The van der Waals surface area contributed by atoms with Crippen LogP contribution >= 0.6 is 35.6 Å². The highest BCUT2D eigenvalue weighted by Gasteiger charge is 2.36. The van der Waals surface area contributed by atoms with Gasteiger partial charge in [-0.1, -0.05) is 174 Å². The molecule has 688 valence electrons. The zero-order valence-electron chi connectivity index (χ0n) is 71.4. The van der Waals surface area contributed by atoms with Crippen LogP contribution in [0.4, 0.5) is 4.39 Å². The molecule has 4 saturated heterocycles. The summed E-state index contributed by atoms with van der Waals surface area (Å²) in [7, 11) is 0. The number of carboxylic acids is 3. The van der Waals surface area contributed by atoms with Crippen molar-refractivity contribution < 1.29 is 106 Å². The third kappa shape index (κ3) is 44.9. The molecule has 127 heavy (non-hydrogen) atoms. The van der Waals surface area contributed by atoms with E-state index in [0.29, 0.717) is 89.7 Å². The number of amidine groups is 1. The number of nitriles is 1. The molecule has 4 aliphatic heterocycles. The van der Waals surface area contributed by atoms with Crippen molar-refractivity contribution in [3.63, 3.8) is 0 Å². The van der Waals surface area contributed by atoms with Crippen LogP contribution < -0.4 is 16.4 Å². The average Bonchev–Trinajstić information content (AvgIpc) is 1.61. The number of halogens is 3. The molecule has 0 saturated carbocycles. The van der Waals surface area contributed by atoms with Gasteiger partial charge in [0.15, 0.2) is 5.84 Å². The number of likely N-dealkylation sites (tertiary alicyclic amines) is 2. The molecule has 36 nitrogen and oxygen atoms in total. The Bertz CT molecular complexity index is 4980. The molecule has 39 heteroatoms. The molecule has 4 fully saturated rings. The van der Waals surface area contributed by atoms with E-state index < -0.39 is 29.5 Å². The fourth-order valence-electron chi connectivity index (χ4n) is 10.1. The van der Waals surface area contributed by atoms with Crippen molar-refractivity contribution in [1.82, 2.24) is 61.0 Å². The summed E-state index contributed by atoms with van der Waals surface area (Å²) in [4.78, 5) is 102. The Labute approximate surface area is 758 Å². The van der Waals surface area contributed by atoms with Crippen molar-refractivity contribution in [2.24, 2.45) is 34.6 Å². The van der Waals surface area contributed by atoms with Crippen LogP contribution in [-0.4, -0.2) is 203 Å². The van der Waals surface area contributed by atoms with E-state index in [-0.39, 0.29) is 111 Å². The predicted octanol–water partition coefficient (Wildman–Crippen LogP) is 12.2. The van der Waals surface area contributed by atoms with E-state index >= 15 is 0 Å². The van der Waals surface area contributed by atoms with Gasteiger partial charge in [-0.15, -0.1) is 24.0 Å². The minimum Gasteiger partial charge on any atom is -0.481 e. The van der Waals surface area contributed by atoms with Crippen LogP contribution in [0.5, 0.6) is 0 Å². The number of aromatic nitrogens is 8. The number of nitrogens with one attached hydrogen (secondary N) is 2. The molecule has 0 bridgehead atoms. The second-order valence-electron chi connectivity index (χ2n) is 29.5.